The number of nitrogens with zero attached hydrogens (tertiary/aromatic N) is 1. The van der Waals surface area contributed by atoms with E-state index in [-0.39, 0.29) is 11.2 Å². The summed E-state index contributed by atoms with van der Waals surface area (Å²) in [5.41, 5.74) is 1.17. The fourth-order valence-electron chi connectivity index (χ4n) is 4.03. The van der Waals surface area contributed by atoms with Gasteiger partial charge in [-0.1, -0.05) is 18.2 Å². The lowest BCUT2D eigenvalue weighted by Gasteiger charge is -2.42. The molecule has 1 aromatic carbocycles. The second kappa shape index (κ2) is 5.45. The summed E-state index contributed by atoms with van der Waals surface area (Å²) in [6.07, 6.45) is 2.36. The van der Waals surface area contributed by atoms with Crippen molar-refractivity contribution in [3.05, 3.63) is 35.6 Å². The molecule has 1 aromatic rings. The number of likely N-dealkylation sites (tertiary alicyclic amines) is 1. The molecule has 0 aromatic heterocycles. The molecule has 2 fully saturated rings. The Hall–Kier alpha value is -0.930. The number of rotatable bonds is 2. The molecule has 2 aliphatic rings. The van der Waals surface area contributed by atoms with Crippen LogP contribution in [0, 0.1) is 11.2 Å². The molecule has 2 atom stereocenters. The molecule has 0 bridgehead atoms. The van der Waals surface area contributed by atoms with Gasteiger partial charge in [-0.3, -0.25) is 0 Å². The van der Waals surface area contributed by atoms with Gasteiger partial charge < -0.3 is 10.2 Å². The molecular formula is C17H25FN2. The first-order valence-electron chi connectivity index (χ1n) is 7.82. The van der Waals surface area contributed by atoms with Crippen molar-refractivity contribution < 1.29 is 4.39 Å². The fourth-order valence-corrected chi connectivity index (χ4v) is 4.03. The maximum Gasteiger partial charge on any atom is 0.126 e. The van der Waals surface area contributed by atoms with Crippen molar-refractivity contribution in [2.45, 2.75) is 38.6 Å². The molecule has 3 rings (SSSR count). The summed E-state index contributed by atoms with van der Waals surface area (Å²) in [6.45, 7) is 8.77. The SMILES string of the molecule is CC(C)N1CCC2(CCNCC2c2ccccc2F)C1. The third-order valence-corrected chi connectivity index (χ3v) is 5.31. The van der Waals surface area contributed by atoms with E-state index in [0.717, 1.165) is 38.2 Å². The third kappa shape index (κ3) is 2.38. The van der Waals surface area contributed by atoms with Crippen LogP contribution in [0.25, 0.3) is 0 Å². The van der Waals surface area contributed by atoms with E-state index in [2.05, 4.69) is 24.1 Å². The maximum absolute atomic E-state index is 14.2. The highest BCUT2D eigenvalue weighted by molar-refractivity contribution is 5.26. The standard InChI is InChI=1S/C17H25FN2/c1-13(2)20-10-8-17(12-20)7-9-19-11-15(17)14-5-3-4-6-16(14)18/h3-6,13,15,19H,7-12H2,1-2H3. The lowest BCUT2D eigenvalue weighted by molar-refractivity contribution is 0.149. The molecule has 2 saturated heterocycles. The van der Waals surface area contributed by atoms with E-state index in [1.807, 2.05) is 12.1 Å². The average Bonchev–Trinajstić information content (AvgIpc) is 2.85. The Morgan fingerprint density at radius 2 is 2.10 bits per heavy atom. The Labute approximate surface area is 121 Å². The van der Waals surface area contributed by atoms with Gasteiger partial charge in [-0.25, -0.2) is 4.39 Å². The smallest absolute Gasteiger partial charge is 0.126 e. The van der Waals surface area contributed by atoms with E-state index in [9.17, 15) is 4.39 Å². The summed E-state index contributed by atoms with van der Waals surface area (Å²) in [5.74, 6) is 0.268. The molecule has 2 nitrogen and oxygen atoms in total. The molecular weight excluding hydrogens is 251 g/mol. The van der Waals surface area contributed by atoms with Crippen LogP contribution in [0.15, 0.2) is 24.3 Å². The van der Waals surface area contributed by atoms with Gasteiger partial charge in [0, 0.05) is 25.0 Å². The van der Waals surface area contributed by atoms with Crippen molar-refractivity contribution in [1.29, 1.82) is 0 Å². The van der Waals surface area contributed by atoms with Gasteiger partial charge in [0.2, 0.25) is 0 Å². The third-order valence-electron chi connectivity index (χ3n) is 5.31. The minimum Gasteiger partial charge on any atom is -0.316 e. The Morgan fingerprint density at radius 1 is 1.30 bits per heavy atom. The number of halogens is 1. The molecule has 20 heavy (non-hydrogen) atoms. The number of hydrogen-bond donors (Lipinski definition) is 1. The summed E-state index contributed by atoms with van der Waals surface area (Å²) >= 11 is 0. The van der Waals surface area contributed by atoms with Crippen LogP contribution in [0.2, 0.25) is 0 Å². The van der Waals surface area contributed by atoms with Crippen LogP contribution < -0.4 is 5.32 Å². The van der Waals surface area contributed by atoms with Gasteiger partial charge in [-0.15, -0.1) is 0 Å². The molecule has 0 aliphatic carbocycles. The highest BCUT2D eigenvalue weighted by atomic mass is 19.1. The first kappa shape index (κ1) is 14.0. The number of benzene rings is 1. The number of nitrogens with one attached hydrogen (secondary N) is 1. The van der Waals surface area contributed by atoms with E-state index in [1.165, 1.54) is 6.42 Å². The first-order valence-corrected chi connectivity index (χ1v) is 7.82. The molecule has 0 radical (unpaired) electrons. The van der Waals surface area contributed by atoms with E-state index >= 15 is 0 Å². The van der Waals surface area contributed by atoms with Crippen molar-refractivity contribution in [2.24, 2.45) is 5.41 Å². The van der Waals surface area contributed by atoms with Crippen molar-refractivity contribution in [3.8, 4) is 0 Å². The Kier molecular flexibility index (Phi) is 3.83. The predicted molar refractivity (Wildman–Crippen MR) is 80.4 cm³/mol. The molecule has 1 N–H and O–H groups in total. The average molecular weight is 276 g/mol. The molecule has 0 amide bonds. The van der Waals surface area contributed by atoms with Crippen molar-refractivity contribution in [1.82, 2.24) is 10.2 Å². The highest BCUT2D eigenvalue weighted by Gasteiger charge is 2.47. The summed E-state index contributed by atoms with van der Waals surface area (Å²) in [4.78, 5) is 2.55. The lowest BCUT2D eigenvalue weighted by Crippen LogP contribution is -2.46. The Balaban J connectivity index is 1.91. The summed E-state index contributed by atoms with van der Waals surface area (Å²) in [6, 6.07) is 7.93. The first-order chi connectivity index (χ1) is 9.62. The molecule has 2 unspecified atom stereocenters. The van der Waals surface area contributed by atoms with Crippen LogP contribution in [-0.4, -0.2) is 37.1 Å². The summed E-state index contributed by atoms with van der Waals surface area (Å²) in [7, 11) is 0. The van der Waals surface area contributed by atoms with Crippen molar-refractivity contribution in [2.75, 3.05) is 26.2 Å². The maximum atomic E-state index is 14.2. The van der Waals surface area contributed by atoms with E-state index in [4.69, 9.17) is 0 Å². The lowest BCUT2D eigenvalue weighted by atomic mass is 9.67. The fraction of sp³-hybridized carbons (Fsp3) is 0.647. The zero-order chi connectivity index (χ0) is 14.2. The Bertz CT molecular complexity index is 474. The molecule has 1 spiro atoms. The van der Waals surface area contributed by atoms with Gasteiger partial charge in [0.05, 0.1) is 0 Å². The van der Waals surface area contributed by atoms with Gasteiger partial charge in [0.15, 0.2) is 0 Å². The Morgan fingerprint density at radius 3 is 2.80 bits per heavy atom. The van der Waals surface area contributed by atoms with Crippen LogP contribution in [0.5, 0.6) is 0 Å². The molecule has 3 heteroatoms. The summed E-state index contributed by atoms with van der Waals surface area (Å²) in [5, 5.41) is 3.47. The molecule has 2 heterocycles. The van der Waals surface area contributed by atoms with Gasteiger partial charge >= 0.3 is 0 Å². The van der Waals surface area contributed by atoms with Gasteiger partial charge in [-0.05, 0) is 56.8 Å². The van der Waals surface area contributed by atoms with E-state index in [0.29, 0.717) is 12.0 Å². The van der Waals surface area contributed by atoms with Crippen LogP contribution in [-0.2, 0) is 0 Å². The molecule has 0 saturated carbocycles. The second-order valence-corrected chi connectivity index (χ2v) is 6.70. The largest absolute Gasteiger partial charge is 0.316 e. The zero-order valence-corrected chi connectivity index (χ0v) is 12.5. The number of piperidine rings is 1. The van der Waals surface area contributed by atoms with Crippen LogP contribution >= 0.6 is 0 Å². The zero-order valence-electron chi connectivity index (χ0n) is 12.5. The van der Waals surface area contributed by atoms with Crippen LogP contribution in [0.4, 0.5) is 4.39 Å². The molecule has 110 valence electrons. The minimum atomic E-state index is -0.0384. The topological polar surface area (TPSA) is 15.3 Å². The van der Waals surface area contributed by atoms with Gasteiger partial charge in [-0.2, -0.15) is 0 Å². The predicted octanol–water partition coefficient (Wildman–Crippen LogP) is 3.00. The summed E-state index contributed by atoms with van der Waals surface area (Å²) < 4.78 is 14.2. The van der Waals surface area contributed by atoms with Gasteiger partial charge in [0.1, 0.15) is 5.82 Å². The van der Waals surface area contributed by atoms with Crippen molar-refractivity contribution in [3.63, 3.8) is 0 Å². The van der Waals surface area contributed by atoms with E-state index < -0.39 is 0 Å². The van der Waals surface area contributed by atoms with E-state index in [1.54, 1.807) is 12.1 Å². The van der Waals surface area contributed by atoms with Crippen LogP contribution in [0.3, 0.4) is 0 Å². The quantitative estimate of drug-likeness (QED) is 0.893. The van der Waals surface area contributed by atoms with Crippen molar-refractivity contribution >= 4 is 0 Å². The highest BCUT2D eigenvalue weighted by Crippen LogP contribution is 2.48. The monoisotopic (exact) mass is 276 g/mol. The normalized spacial score (nSPS) is 31.3. The second-order valence-electron chi connectivity index (χ2n) is 6.70. The molecule has 2 aliphatic heterocycles. The minimum absolute atomic E-state index is 0.0384. The van der Waals surface area contributed by atoms with Crippen LogP contribution in [0.1, 0.15) is 38.2 Å². The van der Waals surface area contributed by atoms with Gasteiger partial charge in [0.25, 0.3) is 0 Å². The number of hydrogen-bond acceptors (Lipinski definition) is 2.